The number of hydrogen-bond acceptors (Lipinski definition) is 4. The molecule has 1 aliphatic carbocycles. The number of hydrogen-bond donors (Lipinski definition) is 0. The number of rotatable bonds is 5. The maximum Gasteiger partial charge on any atom is 0.124 e. The topological polar surface area (TPSA) is 25.4 Å². The Kier molecular flexibility index (Phi) is 5.02. The highest BCUT2D eigenvalue weighted by molar-refractivity contribution is 7.15. The van der Waals surface area contributed by atoms with Crippen LogP contribution in [0.1, 0.15) is 48.9 Å². The molecule has 1 aliphatic rings. The summed E-state index contributed by atoms with van der Waals surface area (Å²) in [5.74, 6) is 0. The molecule has 0 spiro atoms. The molecule has 0 saturated heterocycles. The van der Waals surface area contributed by atoms with Gasteiger partial charge in [0.1, 0.15) is 5.01 Å². The highest BCUT2D eigenvalue weighted by atomic mass is 32.1. The number of nitrogens with zero attached hydrogens (tertiary/aromatic N) is 2. The molecule has 23 heavy (non-hydrogen) atoms. The van der Waals surface area contributed by atoms with Crippen molar-refractivity contribution in [2.45, 2.75) is 45.6 Å². The summed E-state index contributed by atoms with van der Waals surface area (Å²) in [5.41, 5.74) is 5.16. The summed E-state index contributed by atoms with van der Waals surface area (Å²) >= 11 is 1.83. The lowest BCUT2D eigenvalue weighted by Gasteiger charge is -2.20. The van der Waals surface area contributed by atoms with Crippen molar-refractivity contribution in [3.05, 3.63) is 34.3 Å². The minimum absolute atomic E-state index is 0.251. The van der Waals surface area contributed by atoms with Gasteiger partial charge in [0.2, 0.25) is 0 Å². The van der Waals surface area contributed by atoms with E-state index in [1.54, 1.807) is 0 Å². The highest BCUT2D eigenvalue weighted by Gasteiger charge is 2.25. The predicted molar refractivity (Wildman–Crippen MR) is 98.6 cm³/mol. The standard InChI is InChI=1S/C19H26N2OS/c1-5-13-12-14(21(3)4)10-11-15(13)19-20-16-8-7-9-17(22-6-2)18(16)23-19/h10-12,17H,5-9H2,1-4H3. The van der Waals surface area contributed by atoms with E-state index >= 15 is 0 Å². The molecule has 0 amide bonds. The van der Waals surface area contributed by atoms with Crippen molar-refractivity contribution in [1.29, 1.82) is 0 Å². The van der Waals surface area contributed by atoms with E-state index in [9.17, 15) is 0 Å². The van der Waals surface area contributed by atoms with E-state index in [4.69, 9.17) is 9.72 Å². The van der Waals surface area contributed by atoms with E-state index < -0.39 is 0 Å². The van der Waals surface area contributed by atoms with E-state index in [0.717, 1.165) is 30.9 Å². The van der Waals surface area contributed by atoms with Crippen molar-refractivity contribution in [3.8, 4) is 10.6 Å². The summed E-state index contributed by atoms with van der Waals surface area (Å²) in [4.78, 5) is 8.47. The van der Waals surface area contributed by atoms with Gasteiger partial charge >= 0.3 is 0 Å². The number of aromatic nitrogens is 1. The molecule has 0 saturated carbocycles. The van der Waals surface area contributed by atoms with Gasteiger partial charge in [-0.1, -0.05) is 6.92 Å². The molecule has 1 atom stereocenters. The van der Waals surface area contributed by atoms with Gasteiger partial charge in [-0.2, -0.15) is 0 Å². The summed E-state index contributed by atoms with van der Waals surface area (Å²) < 4.78 is 5.93. The molecule has 0 fully saturated rings. The Bertz CT molecular complexity index is 678. The summed E-state index contributed by atoms with van der Waals surface area (Å²) in [7, 11) is 4.17. The molecule has 0 N–H and O–H groups in total. The Morgan fingerprint density at radius 1 is 1.30 bits per heavy atom. The maximum absolute atomic E-state index is 5.93. The third-order valence-electron chi connectivity index (χ3n) is 4.48. The van der Waals surface area contributed by atoms with Gasteiger partial charge in [0, 0.05) is 32.0 Å². The first-order valence-electron chi connectivity index (χ1n) is 8.55. The number of anilines is 1. The Morgan fingerprint density at radius 3 is 2.83 bits per heavy atom. The minimum atomic E-state index is 0.251. The molecule has 4 heteroatoms. The molecule has 1 unspecified atom stereocenters. The van der Waals surface area contributed by atoms with E-state index in [2.05, 4.69) is 51.0 Å². The van der Waals surface area contributed by atoms with Crippen LogP contribution in [0.2, 0.25) is 0 Å². The normalized spacial score (nSPS) is 17.1. The second-order valence-corrected chi connectivity index (χ2v) is 7.29. The zero-order valence-electron chi connectivity index (χ0n) is 14.6. The van der Waals surface area contributed by atoms with Crippen LogP contribution in [-0.4, -0.2) is 25.7 Å². The Balaban J connectivity index is 1.99. The molecule has 1 aromatic carbocycles. The molecule has 1 heterocycles. The largest absolute Gasteiger partial charge is 0.378 e. The second-order valence-electron chi connectivity index (χ2n) is 6.26. The fourth-order valence-electron chi connectivity index (χ4n) is 3.22. The average molecular weight is 330 g/mol. The van der Waals surface area contributed by atoms with Crippen molar-refractivity contribution in [2.75, 3.05) is 25.6 Å². The summed E-state index contributed by atoms with van der Waals surface area (Å²) in [6, 6.07) is 6.71. The van der Waals surface area contributed by atoms with Gasteiger partial charge in [-0.15, -0.1) is 11.3 Å². The third kappa shape index (κ3) is 3.29. The maximum atomic E-state index is 5.93. The van der Waals surface area contributed by atoms with Crippen LogP contribution in [0.15, 0.2) is 18.2 Å². The van der Waals surface area contributed by atoms with Gasteiger partial charge in [0.15, 0.2) is 0 Å². The zero-order chi connectivity index (χ0) is 16.4. The van der Waals surface area contributed by atoms with Crippen LogP contribution < -0.4 is 4.90 Å². The molecule has 3 nitrogen and oxygen atoms in total. The lowest BCUT2D eigenvalue weighted by atomic mass is 10.00. The van der Waals surface area contributed by atoms with Gasteiger partial charge in [-0.3, -0.25) is 0 Å². The van der Waals surface area contributed by atoms with E-state index in [0.29, 0.717) is 0 Å². The van der Waals surface area contributed by atoms with E-state index in [-0.39, 0.29) is 6.10 Å². The molecule has 0 radical (unpaired) electrons. The monoisotopic (exact) mass is 330 g/mol. The summed E-state index contributed by atoms with van der Waals surface area (Å²) in [6.45, 7) is 5.06. The Morgan fingerprint density at radius 2 is 2.13 bits per heavy atom. The minimum Gasteiger partial charge on any atom is -0.378 e. The van der Waals surface area contributed by atoms with E-state index in [1.807, 2.05) is 11.3 Å². The molecule has 2 aromatic rings. The molecule has 3 rings (SSSR count). The Labute approximate surface area is 143 Å². The number of ether oxygens (including phenoxy) is 1. The number of thiazole rings is 1. The van der Waals surface area contributed by atoms with Gasteiger partial charge in [0.25, 0.3) is 0 Å². The van der Waals surface area contributed by atoms with Crippen LogP contribution in [0.4, 0.5) is 5.69 Å². The number of benzene rings is 1. The van der Waals surface area contributed by atoms with Crippen molar-refractivity contribution in [2.24, 2.45) is 0 Å². The fraction of sp³-hybridized carbons (Fsp3) is 0.526. The first-order chi connectivity index (χ1) is 11.1. The van der Waals surface area contributed by atoms with Crippen molar-refractivity contribution in [1.82, 2.24) is 4.98 Å². The summed E-state index contributed by atoms with van der Waals surface area (Å²) in [5, 5.41) is 1.16. The second kappa shape index (κ2) is 7.02. The van der Waals surface area contributed by atoms with Crippen LogP contribution in [-0.2, 0) is 17.6 Å². The van der Waals surface area contributed by atoms with Crippen LogP contribution in [0, 0.1) is 0 Å². The lowest BCUT2D eigenvalue weighted by molar-refractivity contribution is 0.0524. The number of fused-ring (bicyclic) bond motifs is 1. The van der Waals surface area contributed by atoms with Gasteiger partial charge in [0.05, 0.1) is 16.7 Å². The predicted octanol–water partition coefficient (Wildman–Crippen LogP) is 4.85. The first-order valence-corrected chi connectivity index (χ1v) is 9.37. The fourth-order valence-corrected chi connectivity index (χ4v) is 4.47. The zero-order valence-corrected chi connectivity index (χ0v) is 15.4. The molecule has 1 aromatic heterocycles. The van der Waals surface area contributed by atoms with Gasteiger partial charge in [-0.25, -0.2) is 4.98 Å². The molecule has 0 aliphatic heterocycles. The molecule has 0 bridgehead atoms. The van der Waals surface area contributed by atoms with Crippen LogP contribution in [0.25, 0.3) is 10.6 Å². The third-order valence-corrected chi connectivity index (χ3v) is 5.71. The van der Waals surface area contributed by atoms with Gasteiger partial charge < -0.3 is 9.64 Å². The lowest BCUT2D eigenvalue weighted by Crippen LogP contribution is -2.10. The van der Waals surface area contributed by atoms with Crippen molar-refractivity contribution >= 4 is 17.0 Å². The van der Waals surface area contributed by atoms with Crippen molar-refractivity contribution < 1.29 is 4.74 Å². The summed E-state index contributed by atoms with van der Waals surface area (Å²) in [6.07, 6.45) is 4.67. The van der Waals surface area contributed by atoms with Crippen LogP contribution >= 0.6 is 11.3 Å². The highest BCUT2D eigenvalue weighted by Crippen LogP contribution is 2.41. The first kappa shape index (κ1) is 16.5. The quantitative estimate of drug-likeness (QED) is 0.783. The van der Waals surface area contributed by atoms with Gasteiger partial charge in [-0.05, 0) is 56.4 Å². The van der Waals surface area contributed by atoms with E-state index in [1.165, 1.54) is 33.8 Å². The van der Waals surface area contributed by atoms with Crippen molar-refractivity contribution in [3.63, 3.8) is 0 Å². The average Bonchev–Trinajstić information content (AvgIpc) is 2.99. The van der Waals surface area contributed by atoms with Crippen LogP contribution in [0.3, 0.4) is 0 Å². The molecular formula is C19H26N2OS. The number of aryl methyl sites for hydroxylation is 2. The molecular weight excluding hydrogens is 304 g/mol. The smallest absolute Gasteiger partial charge is 0.124 e. The SMILES string of the molecule is CCOC1CCCc2nc(-c3ccc(N(C)C)cc3CC)sc21. The molecule has 124 valence electrons. The van der Waals surface area contributed by atoms with Crippen LogP contribution in [0.5, 0.6) is 0 Å². The Hall–Kier alpha value is -1.39.